The lowest BCUT2D eigenvalue weighted by Crippen LogP contribution is -2.52. The van der Waals surface area contributed by atoms with E-state index >= 15 is 0 Å². The van der Waals surface area contributed by atoms with Gasteiger partial charge in [0.1, 0.15) is 0 Å². The first-order chi connectivity index (χ1) is 8.61. The first kappa shape index (κ1) is 12.7. The van der Waals surface area contributed by atoms with Gasteiger partial charge in [-0.1, -0.05) is 0 Å². The minimum absolute atomic E-state index is 0.283. The molecule has 0 aliphatic carbocycles. The zero-order valence-corrected chi connectivity index (χ0v) is 10.2. The molecule has 6 nitrogen and oxygen atoms in total. The normalized spacial score (nSPS) is 21.1. The van der Waals surface area contributed by atoms with Crippen molar-refractivity contribution >= 4 is 23.6 Å². The quantitative estimate of drug-likeness (QED) is 0.571. The lowest BCUT2D eigenvalue weighted by molar-refractivity contribution is -0.162. The molecule has 0 bridgehead atoms. The maximum atomic E-state index is 11.9. The fraction of sp³-hybridized carbons (Fsp3) is 0.667. The Labute approximate surface area is 105 Å². The van der Waals surface area contributed by atoms with Crippen LogP contribution in [0.25, 0.3) is 0 Å². The molecule has 2 fully saturated rings. The van der Waals surface area contributed by atoms with Gasteiger partial charge >= 0.3 is 11.8 Å². The average Bonchev–Trinajstić information content (AvgIpc) is 2.38. The van der Waals surface area contributed by atoms with Gasteiger partial charge in [-0.25, -0.2) is 0 Å². The highest BCUT2D eigenvalue weighted by Crippen LogP contribution is 2.14. The molecule has 0 atom stereocenters. The van der Waals surface area contributed by atoms with Crippen molar-refractivity contribution in [2.75, 3.05) is 13.1 Å². The highest BCUT2D eigenvalue weighted by molar-refractivity contribution is 6.39. The molecule has 2 rings (SSSR count). The number of amides is 4. The molecule has 2 saturated heterocycles. The minimum Gasteiger partial charge on any atom is -0.274 e. The largest absolute Gasteiger partial charge is 0.319 e. The molecule has 0 aromatic carbocycles. The second-order valence-corrected chi connectivity index (χ2v) is 4.62. The highest BCUT2D eigenvalue weighted by Gasteiger charge is 2.35. The van der Waals surface area contributed by atoms with E-state index in [9.17, 15) is 19.2 Å². The van der Waals surface area contributed by atoms with Crippen LogP contribution in [0, 0.1) is 0 Å². The van der Waals surface area contributed by atoms with E-state index in [0.717, 1.165) is 35.5 Å². The predicted octanol–water partition coefficient (Wildman–Crippen LogP) is 0.0646. The van der Waals surface area contributed by atoms with Gasteiger partial charge < -0.3 is 0 Å². The van der Waals surface area contributed by atoms with Gasteiger partial charge in [-0.05, 0) is 25.7 Å². The number of rotatable bonds is 0. The van der Waals surface area contributed by atoms with Crippen LogP contribution in [0.2, 0.25) is 0 Å². The molecule has 0 spiro atoms. The summed E-state index contributed by atoms with van der Waals surface area (Å²) in [5.41, 5.74) is 0. The third kappa shape index (κ3) is 2.42. The molecule has 6 heteroatoms. The molecule has 0 saturated carbocycles. The van der Waals surface area contributed by atoms with E-state index in [0.29, 0.717) is 12.8 Å². The zero-order valence-electron chi connectivity index (χ0n) is 10.2. The van der Waals surface area contributed by atoms with Crippen molar-refractivity contribution in [3.05, 3.63) is 0 Å². The molecule has 0 radical (unpaired) electrons. The van der Waals surface area contributed by atoms with Crippen LogP contribution in [-0.4, -0.2) is 46.5 Å². The van der Waals surface area contributed by atoms with Gasteiger partial charge in [0.15, 0.2) is 0 Å². The summed E-state index contributed by atoms with van der Waals surface area (Å²) in [6.45, 7) is 0.566. The Morgan fingerprint density at radius 2 is 1.11 bits per heavy atom. The van der Waals surface area contributed by atoms with Crippen LogP contribution >= 0.6 is 0 Å². The zero-order chi connectivity index (χ0) is 13.1. The summed E-state index contributed by atoms with van der Waals surface area (Å²) in [5, 5.41) is 0. The second-order valence-electron chi connectivity index (χ2n) is 4.62. The first-order valence-corrected chi connectivity index (χ1v) is 6.30. The van der Waals surface area contributed by atoms with Gasteiger partial charge in [0, 0.05) is 25.9 Å². The number of hydrogen-bond donors (Lipinski definition) is 0. The molecular weight excluding hydrogens is 236 g/mol. The van der Waals surface area contributed by atoms with Crippen LogP contribution in [-0.2, 0) is 19.2 Å². The predicted molar refractivity (Wildman–Crippen MR) is 61.1 cm³/mol. The SMILES string of the molecule is O=C1CCCCN1C(=O)C(=O)N1CCCCC1=O. The Kier molecular flexibility index (Phi) is 3.74. The lowest BCUT2D eigenvalue weighted by atomic mass is 10.1. The van der Waals surface area contributed by atoms with Crippen LogP contribution in [0.15, 0.2) is 0 Å². The molecule has 4 amide bonds. The summed E-state index contributed by atoms with van der Waals surface area (Å²) in [6.07, 6.45) is 3.54. The molecule has 0 aromatic heterocycles. The van der Waals surface area contributed by atoms with E-state index in [1.807, 2.05) is 0 Å². The van der Waals surface area contributed by atoms with Gasteiger partial charge in [0.25, 0.3) is 0 Å². The van der Waals surface area contributed by atoms with Gasteiger partial charge in [0.2, 0.25) is 11.8 Å². The summed E-state index contributed by atoms with van der Waals surface area (Å²) < 4.78 is 0. The van der Waals surface area contributed by atoms with Crippen molar-refractivity contribution < 1.29 is 19.2 Å². The van der Waals surface area contributed by atoms with Crippen LogP contribution in [0.3, 0.4) is 0 Å². The van der Waals surface area contributed by atoms with Crippen LogP contribution in [0.5, 0.6) is 0 Å². The maximum absolute atomic E-state index is 11.9. The van der Waals surface area contributed by atoms with Crippen molar-refractivity contribution in [1.29, 1.82) is 0 Å². The third-order valence-corrected chi connectivity index (χ3v) is 3.32. The standard InChI is InChI=1S/C12H16N2O4/c15-9-5-1-3-7-13(9)11(17)12(18)14-8-4-2-6-10(14)16/h1-8H2. The molecule has 98 valence electrons. The Hall–Kier alpha value is -1.72. The van der Waals surface area contributed by atoms with E-state index in [-0.39, 0.29) is 24.9 Å². The number of carbonyl (C=O) groups excluding carboxylic acids is 4. The first-order valence-electron chi connectivity index (χ1n) is 6.30. The number of carbonyl (C=O) groups is 4. The monoisotopic (exact) mass is 252 g/mol. The molecular formula is C12H16N2O4. The average molecular weight is 252 g/mol. The lowest BCUT2D eigenvalue weighted by Gasteiger charge is -2.28. The maximum Gasteiger partial charge on any atom is 0.319 e. The van der Waals surface area contributed by atoms with Gasteiger partial charge in [-0.2, -0.15) is 0 Å². The molecule has 18 heavy (non-hydrogen) atoms. The van der Waals surface area contributed by atoms with Gasteiger partial charge in [0.05, 0.1) is 0 Å². The summed E-state index contributed by atoms with van der Waals surface area (Å²) in [7, 11) is 0. The smallest absolute Gasteiger partial charge is 0.274 e. The van der Waals surface area contributed by atoms with Crippen molar-refractivity contribution in [2.24, 2.45) is 0 Å². The summed E-state index contributed by atoms with van der Waals surface area (Å²) in [5.74, 6) is -2.34. The van der Waals surface area contributed by atoms with Crippen molar-refractivity contribution in [2.45, 2.75) is 38.5 Å². The Morgan fingerprint density at radius 1 is 0.722 bits per heavy atom. The second kappa shape index (κ2) is 5.29. The van der Waals surface area contributed by atoms with Crippen LogP contribution in [0.1, 0.15) is 38.5 Å². The third-order valence-electron chi connectivity index (χ3n) is 3.32. The van der Waals surface area contributed by atoms with Crippen LogP contribution in [0.4, 0.5) is 0 Å². The van der Waals surface area contributed by atoms with E-state index < -0.39 is 11.8 Å². The van der Waals surface area contributed by atoms with Gasteiger partial charge in [-0.15, -0.1) is 0 Å². The fourth-order valence-corrected chi connectivity index (χ4v) is 2.27. The topological polar surface area (TPSA) is 74.8 Å². The van der Waals surface area contributed by atoms with E-state index in [2.05, 4.69) is 0 Å². The van der Waals surface area contributed by atoms with Gasteiger partial charge in [-0.3, -0.25) is 29.0 Å². The number of hydrogen-bond acceptors (Lipinski definition) is 4. The summed E-state index contributed by atoms with van der Waals surface area (Å²) >= 11 is 0. The molecule has 2 aliphatic rings. The Morgan fingerprint density at radius 3 is 1.44 bits per heavy atom. The highest BCUT2D eigenvalue weighted by atomic mass is 16.2. The molecule has 2 heterocycles. The number of piperidine rings is 2. The Bertz CT molecular complexity index is 367. The number of nitrogens with zero attached hydrogens (tertiary/aromatic N) is 2. The Balaban J connectivity index is 2.05. The molecule has 0 aromatic rings. The molecule has 0 N–H and O–H groups in total. The molecule has 0 unspecified atom stereocenters. The molecule has 2 aliphatic heterocycles. The van der Waals surface area contributed by atoms with Crippen molar-refractivity contribution in [1.82, 2.24) is 9.80 Å². The minimum atomic E-state index is -0.852. The summed E-state index contributed by atoms with van der Waals surface area (Å²) in [6, 6.07) is 0. The van der Waals surface area contributed by atoms with Crippen molar-refractivity contribution in [3.8, 4) is 0 Å². The van der Waals surface area contributed by atoms with E-state index in [4.69, 9.17) is 0 Å². The van der Waals surface area contributed by atoms with E-state index in [1.54, 1.807) is 0 Å². The van der Waals surface area contributed by atoms with Crippen molar-refractivity contribution in [3.63, 3.8) is 0 Å². The van der Waals surface area contributed by atoms with Crippen LogP contribution < -0.4 is 0 Å². The summed E-state index contributed by atoms with van der Waals surface area (Å²) in [4.78, 5) is 48.9. The van der Waals surface area contributed by atoms with E-state index in [1.165, 1.54) is 0 Å². The number of imide groups is 2. The fourth-order valence-electron chi connectivity index (χ4n) is 2.27. The number of likely N-dealkylation sites (tertiary alicyclic amines) is 2.